The topological polar surface area (TPSA) is 96.8 Å². The lowest BCUT2D eigenvalue weighted by molar-refractivity contribution is 0.102. The molecule has 2 aromatic heterocycles. The number of aromatic amines is 1. The van der Waals surface area contributed by atoms with Crippen LogP contribution in [-0.4, -0.2) is 20.4 Å². The van der Waals surface area contributed by atoms with Crippen molar-refractivity contribution >= 4 is 11.6 Å². The molecule has 3 rings (SSSR count). The maximum Gasteiger partial charge on any atom is 0.328 e. The molecule has 0 atom stereocenters. The summed E-state index contributed by atoms with van der Waals surface area (Å²) in [7, 11) is 0. The Kier molecular flexibility index (Phi) is 4.79. The largest absolute Gasteiger partial charge is 0.328 e. The second-order valence-corrected chi connectivity index (χ2v) is 5.99. The third kappa shape index (κ3) is 3.61. The van der Waals surface area contributed by atoms with E-state index in [2.05, 4.69) is 15.3 Å². The number of anilines is 1. The van der Waals surface area contributed by atoms with Gasteiger partial charge in [-0.25, -0.2) is 4.79 Å². The average Bonchev–Trinajstić information content (AvgIpc) is 2.62. The van der Waals surface area contributed by atoms with Crippen LogP contribution in [0.3, 0.4) is 0 Å². The van der Waals surface area contributed by atoms with Crippen molar-refractivity contribution in [3.63, 3.8) is 0 Å². The first-order chi connectivity index (χ1) is 12.5. The molecule has 26 heavy (non-hydrogen) atoms. The molecule has 0 aliphatic rings. The zero-order valence-corrected chi connectivity index (χ0v) is 14.4. The smallest absolute Gasteiger partial charge is 0.322 e. The second-order valence-electron chi connectivity index (χ2n) is 5.99. The number of nitrogens with one attached hydrogen (secondary N) is 2. The number of carbonyl (C=O) groups is 1. The van der Waals surface area contributed by atoms with Crippen LogP contribution in [0, 0.1) is 13.8 Å². The van der Waals surface area contributed by atoms with Gasteiger partial charge in [0.15, 0.2) is 0 Å². The van der Waals surface area contributed by atoms with E-state index >= 15 is 0 Å². The summed E-state index contributed by atoms with van der Waals surface area (Å²) in [5.74, 6) is -0.576. The molecule has 1 amide bonds. The van der Waals surface area contributed by atoms with Gasteiger partial charge in [-0.15, -0.1) is 0 Å². The van der Waals surface area contributed by atoms with Gasteiger partial charge < -0.3 is 10.3 Å². The fraction of sp³-hybridized carbons (Fsp3) is 0.158. The van der Waals surface area contributed by atoms with E-state index in [1.54, 1.807) is 30.5 Å². The van der Waals surface area contributed by atoms with E-state index in [0.717, 1.165) is 21.9 Å². The van der Waals surface area contributed by atoms with Crippen molar-refractivity contribution in [3.05, 3.63) is 92.0 Å². The molecule has 0 saturated carbocycles. The summed E-state index contributed by atoms with van der Waals surface area (Å²) in [6.45, 7) is 3.81. The number of rotatable bonds is 4. The summed E-state index contributed by atoms with van der Waals surface area (Å²) in [5.41, 5.74) is 1.72. The highest BCUT2D eigenvalue weighted by Crippen LogP contribution is 2.16. The van der Waals surface area contributed by atoms with Crippen molar-refractivity contribution in [2.75, 3.05) is 5.32 Å². The van der Waals surface area contributed by atoms with Crippen LogP contribution in [-0.2, 0) is 6.54 Å². The van der Waals surface area contributed by atoms with Crippen LogP contribution in [0.15, 0.2) is 58.4 Å². The normalized spacial score (nSPS) is 10.5. The second kappa shape index (κ2) is 7.18. The molecule has 0 unspecified atom stereocenters. The van der Waals surface area contributed by atoms with Gasteiger partial charge in [-0.1, -0.05) is 23.8 Å². The predicted molar refractivity (Wildman–Crippen MR) is 98.5 cm³/mol. The molecule has 0 saturated heterocycles. The third-order valence-electron chi connectivity index (χ3n) is 3.98. The summed E-state index contributed by atoms with van der Waals surface area (Å²) in [6, 6.07) is 10.8. The van der Waals surface area contributed by atoms with E-state index in [-0.39, 0.29) is 12.1 Å². The van der Waals surface area contributed by atoms with Crippen LogP contribution in [0.1, 0.15) is 27.2 Å². The average molecular weight is 350 g/mol. The van der Waals surface area contributed by atoms with Crippen LogP contribution in [0.25, 0.3) is 0 Å². The Balaban J connectivity index is 1.93. The third-order valence-corrected chi connectivity index (χ3v) is 3.98. The van der Waals surface area contributed by atoms with Crippen molar-refractivity contribution in [1.82, 2.24) is 14.5 Å². The molecule has 0 aliphatic carbocycles. The van der Waals surface area contributed by atoms with E-state index in [4.69, 9.17) is 0 Å². The summed E-state index contributed by atoms with van der Waals surface area (Å²) < 4.78 is 0.958. The maximum atomic E-state index is 12.6. The zero-order chi connectivity index (χ0) is 18.7. The Morgan fingerprint density at radius 1 is 1.19 bits per heavy atom. The molecule has 7 heteroatoms. The van der Waals surface area contributed by atoms with Gasteiger partial charge in [0.1, 0.15) is 5.56 Å². The van der Waals surface area contributed by atoms with Gasteiger partial charge in [0, 0.05) is 18.1 Å². The van der Waals surface area contributed by atoms with Gasteiger partial charge >= 0.3 is 5.69 Å². The molecule has 0 spiro atoms. The van der Waals surface area contributed by atoms with Gasteiger partial charge in [0.25, 0.3) is 11.5 Å². The minimum Gasteiger partial charge on any atom is -0.322 e. The number of benzene rings is 1. The summed E-state index contributed by atoms with van der Waals surface area (Å²) in [6.07, 6.45) is 2.71. The lowest BCUT2D eigenvalue weighted by atomic mass is 10.1. The number of H-pyrrole nitrogens is 1. The van der Waals surface area contributed by atoms with Gasteiger partial charge in [-0.3, -0.25) is 19.1 Å². The van der Waals surface area contributed by atoms with Crippen molar-refractivity contribution < 1.29 is 4.79 Å². The van der Waals surface area contributed by atoms with E-state index in [1.807, 2.05) is 26.0 Å². The lowest BCUT2D eigenvalue weighted by Crippen LogP contribution is -2.39. The molecule has 0 fully saturated rings. The van der Waals surface area contributed by atoms with Crippen molar-refractivity contribution in [2.45, 2.75) is 20.4 Å². The van der Waals surface area contributed by atoms with Crippen LogP contribution in [0.5, 0.6) is 0 Å². The Labute approximate surface area is 149 Å². The molecular weight excluding hydrogens is 332 g/mol. The number of amides is 1. The Hall–Kier alpha value is -3.48. The SMILES string of the molecule is Cc1ccc(NC(=O)c2c[nH]c(=O)n(Cc3ccccn3)c2=O)c(C)c1. The molecule has 0 bridgehead atoms. The maximum absolute atomic E-state index is 12.6. The first-order valence-electron chi connectivity index (χ1n) is 8.07. The predicted octanol–water partition coefficient (Wildman–Crippen LogP) is 1.85. The number of pyridine rings is 1. The van der Waals surface area contributed by atoms with Gasteiger partial charge in [0.05, 0.1) is 12.2 Å². The molecule has 2 N–H and O–H groups in total. The fourth-order valence-electron chi connectivity index (χ4n) is 2.61. The number of nitrogens with zero attached hydrogens (tertiary/aromatic N) is 2. The molecule has 7 nitrogen and oxygen atoms in total. The quantitative estimate of drug-likeness (QED) is 0.750. The highest BCUT2D eigenvalue weighted by atomic mass is 16.2. The van der Waals surface area contributed by atoms with Crippen LogP contribution < -0.4 is 16.6 Å². The van der Waals surface area contributed by atoms with Crippen molar-refractivity contribution in [2.24, 2.45) is 0 Å². The van der Waals surface area contributed by atoms with Gasteiger partial charge in [-0.2, -0.15) is 0 Å². The fourth-order valence-corrected chi connectivity index (χ4v) is 2.61. The minimum atomic E-state index is -0.665. The number of aromatic nitrogens is 3. The number of aryl methyl sites for hydroxylation is 2. The van der Waals surface area contributed by atoms with Crippen molar-refractivity contribution in [3.8, 4) is 0 Å². The van der Waals surface area contributed by atoms with Gasteiger partial charge in [-0.05, 0) is 37.6 Å². The first kappa shape index (κ1) is 17.3. The Morgan fingerprint density at radius 2 is 2.00 bits per heavy atom. The standard InChI is InChI=1S/C19H18N4O3/c1-12-6-7-16(13(2)9-12)22-17(24)15-10-21-19(26)23(18(15)25)11-14-5-3-4-8-20-14/h3-10H,11H2,1-2H3,(H,21,26)(H,22,24). The summed E-state index contributed by atoms with van der Waals surface area (Å²) in [5, 5.41) is 2.72. The summed E-state index contributed by atoms with van der Waals surface area (Å²) >= 11 is 0. The number of hydrogen-bond acceptors (Lipinski definition) is 4. The number of hydrogen-bond donors (Lipinski definition) is 2. The van der Waals surface area contributed by atoms with E-state index < -0.39 is 17.2 Å². The van der Waals surface area contributed by atoms with Crippen molar-refractivity contribution in [1.29, 1.82) is 0 Å². The van der Waals surface area contributed by atoms with Crippen LogP contribution in [0.2, 0.25) is 0 Å². The van der Waals surface area contributed by atoms with Crippen LogP contribution >= 0.6 is 0 Å². The zero-order valence-electron chi connectivity index (χ0n) is 14.4. The highest BCUT2D eigenvalue weighted by molar-refractivity contribution is 6.04. The molecular formula is C19H18N4O3. The monoisotopic (exact) mass is 350 g/mol. The molecule has 0 aliphatic heterocycles. The highest BCUT2D eigenvalue weighted by Gasteiger charge is 2.16. The van der Waals surface area contributed by atoms with Crippen LogP contribution in [0.4, 0.5) is 5.69 Å². The van der Waals surface area contributed by atoms with E-state index in [0.29, 0.717) is 11.4 Å². The molecule has 2 heterocycles. The molecule has 1 aromatic carbocycles. The number of carbonyl (C=O) groups excluding carboxylic acids is 1. The minimum absolute atomic E-state index is 0.0142. The lowest BCUT2D eigenvalue weighted by Gasteiger charge is -2.10. The first-order valence-corrected chi connectivity index (χ1v) is 8.07. The van der Waals surface area contributed by atoms with E-state index in [1.165, 1.54) is 0 Å². The summed E-state index contributed by atoms with van der Waals surface area (Å²) in [4.78, 5) is 43.7. The molecule has 0 radical (unpaired) electrons. The molecule has 3 aromatic rings. The van der Waals surface area contributed by atoms with Gasteiger partial charge in [0.2, 0.25) is 0 Å². The Bertz CT molecular complexity index is 1070. The Morgan fingerprint density at radius 3 is 2.69 bits per heavy atom. The molecule has 132 valence electrons. The van der Waals surface area contributed by atoms with E-state index in [9.17, 15) is 14.4 Å².